The Hall–Kier alpha value is -1.42. The van der Waals surface area contributed by atoms with Crippen molar-refractivity contribution in [3.05, 3.63) is 34.9 Å². The van der Waals surface area contributed by atoms with Crippen LogP contribution in [0, 0.1) is 19.8 Å². The average Bonchev–Trinajstić information content (AvgIpc) is 2.82. The first-order valence-electron chi connectivity index (χ1n) is 7.12. The Morgan fingerprint density at radius 3 is 2.85 bits per heavy atom. The van der Waals surface area contributed by atoms with E-state index >= 15 is 0 Å². The van der Waals surface area contributed by atoms with Crippen LogP contribution in [0.15, 0.2) is 18.2 Å². The van der Waals surface area contributed by atoms with E-state index in [1.165, 1.54) is 5.56 Å². The van der Waals surface area contributed by atoms with Gasteiger partial charge in [0.1, 0.15) is 0 Å². The Kier molecular flexibility index (Phi) is 4.76. The molecule has 1 aliphatic rings. The molecule has 3 N–H and O–H groups in total. The lowest BCUT2D eigenvalue weighted by atomic mass is 10.0. The molecule has 1 aromatic carbocycles. The van der Waals surface area contributed by atoms with Gasteiger partial charge in [0.25, 0.3) is 0 Å². The van der Waals surface area contributed by atoms with Gasteiger partial charge in [-0.3, -0.25) is 4.79 Å². The molecule has 0 spiro atoms. The van der Waals surface area contributed by atoms with Crippen molar-refractivity contribution in [3.63, 3.8) is 0 Å². The smallest absolute Gasteiger partial charge is 0.224 e. The second-order valence-corrected chi connectivity index (χ2v) is 6.19. The zero-order chi connectivity index (χ0) is 14.7. The normalized spacial score (nSPS) is 21.7. The number of thiocarbonyl (C=S) groups is 1. The summed E-state index contributed by atoms with van der Waals surface area (Å²) in [5, 5.41) is 3.10. The third-order valence-electron chi connectivity index (χ3n) is 4.08. The van der Waals surface area contributed by atoms with Gasteiger partial charge in [0.05, 0.1) is 11.4 Å². The highest BCUT2D eigenvalue weighted by Crippen LogP contribution is 2.26. The van der Waals surface area contributed by atoms with Gasteiger partial charge in [-0.05, 0) is 37.8 Å². The Labute approximate surface area is 125 Å². The largest absolute Gasteiger partial charge is 0.393 e. The summed E-state index contributed by atoms with van der Waals surface area (Å²) < 4.78 is 0. The predicted molar refractivity (Wildman–Crippen MR) is 85.7 cm³/mol. The molecule has 108 valence electrons. The van der Waals surface area contributed by atoms with Crippen molar-refractivity contribution < 1.29 is 4.79 Å². The number of hydrogen-bond acceptors (Lipinski definition) is 2. The molecule has 1 amide bonds. The van der Waals surface area contributed by atoms with E-state index in [0.29, 0.717) is 11.4 Å². The van der Waals surface area contributed by atoms with Crippen LogP contribution in [0.5, 0.6) is 0 Å². The molecule has 2 atom stereocenters. The molecule has 1 saturated carbocycles. The Morgan fingerprint density at radius 2 is 2.15 bits per heavy atom. The van der Waals surface area contributed by atoms with E-state index in [4.69, 9.17) is 18.0 Å². The van der Waals surface area contributed by atoms with Crippen molar-refractivity contribution in [2.24, 2.45) is 11.7 Å². The van der Waals surface area contributed by atoms with Gasteiger partial charge >= 0.3 is 0 Å². The molecular formula is C16H22N2OS. The zero-order valence-electron chi connectivity index (χ0n) is 12.1. The molecule has 3 nitrogen and oxygen atoms in total. The van der Waals surface area contributed by atoms with Crippen LogP contribution in [-0.2, 0) is 11.2 Å². The molecule has 0 bridgehead atoms. The quantitative estimate of drug-likeness (QED) is 0.837. The maximum Gasteiger partial charge on any atom is 0.224 e. The SMILES string of the molecule is Cc1ccc(C)c(CC(=O)NC2CCCC2C(N)=S)c1. The number of benzene rings is 1. The maximum atomic E-state index is 12.2. The van der Waals surface area contributed by atoms with Crippen molar-refractivity contribution in [2.45, 2.75) is 45.6 Å². The van der Waals surface area contributed by atoms with Crippen LogP contribution in [-0.4, -0.2) is 16.9 Å². The van der Waals surface area contributed by atoms with Gasteiger partial charge in [-0.25, -0.2) is 0 Å². The molecule has 20 heavy (non-hydrogen) atoms. The van der Waals surface area contributed by atoms with E-state index in [-0.39, 0.29) is 17.9 Å². The lowest BCUT2D eigenvalue weighted by Gasteiger charge is -2.20. The van der Waals surface area contributed by atoms with Crippen LogP contribution < -0.4 is 11.1 Å². The van der Waals surface area contributed by atoms with E-state index < -0.39 is 0 Å². The van der Waals surface area contributed by atoms with Crippen LogP contribution in [0.2, 0.25) is 0 Å². The highest BCUT2D eigenvalue weighted by molar-refractivity contribution is 7.80. The van der Waals surface area contributed by atoms with Crippen LogP contribution in [0.4, 0.5) is 0 Å². The van der Waals surface area contributed by atoms with Crippen molar-refractivity contribution in [1.82, 2.24) is 5.32 Å². The first kappa shape index (κ1) is 15.0. The minimum Gasteiger partial charge on any atom is -0.393 e. The molecule has 1 fully saturated rings. The summed E-state index contributed by atoms with van der Waals surface area (Å²) in [5.41, 5.74) is 9.17. The summed E-state index contributed by atoms with van der Waals surface area (Å²) in [6.45, 7) is 4.08. The van der Waals surface area contributed by atoms with E-state index in [9.17, 15) is 4.79 Å². The molecule has 4 heteroatoms. The average molecular weight is 290 g/mol. The van der Waals surface area contributed by atoms with Gasteiger partial charge in [-0.1, -0.05) is 42.4 Å². The van der Waals surface area contributed by atoms with Crippen LogP contribution >= 0.6 is 12.2 Å². The number of rotatable bonds is 4. The van der Waals surface area contributed by atoms with Crippen molar-refractivity contribution >= 4 is 23.1 Å². The summed E-state index contributed by atoms with van der Waals surface area (Å²) in [6, 6.07) is 6.32. The van der Waals surface area contributed by atoms with Crippen LogP contribution in [0.1, 0.15) is 36.0 Å². The van der Waals surface area contributed by atoms with E-state index in [2.05, 4.69) is 23.5 Å². The lowest BCUT2D eigenvalue weighted by Crippen LogP contribution is -2.42. The van der Waals surface area contributed by atoms with Gasteiger partial charge in [-0.15, -0.1) is 0 Å². The third-order valence-corrected chi connectivity index (χ3v) is 4.39. The van der Waals surface area contributed by atoms with Gasteiger partial charge in [0.2, 0.25) is 5.91 Å². The number of nitrogens with one attached hydrogen (secondary N) is 1. The highest BCUT2D eigenvalue weighted by atomic mass is 32.1. The number of amides is 1. The lowest BCUT2D eigenvalue weighted by molar-refractivity contribution is -0.121. The first-order chi connectivity index (χ1) is 9.47. The second kappa shape index (κ2) is 6.35. The molecule has 2 rings (SSSR count). The minimum absolute atomic E-state index is 0.0619. The molecule has 1 aromatic rings. The zero-order valence-corrected chi connectivity index (χ0v) is 12.9. The molecule has 0 aliphatic heterocycles. The van der Waals surface area contributed by atoms with E-state index in [0.717, 1.165) is 30.4 Å². The van der Waals surface area contributed by atoms with Crippen molar-refractivity contribution in [2.75, 3.05) is 0 Å². The molecule has 1 aliphatic carbocycles. The fourth-order valence-electron chi connectivity index (χ4n) is 2.89. The van der Waals surface area contributed by atoms with Crippen molar-refractivity contribution in [1.29, 1.82) is 0 Å². The van der Waals surface area contributed by atoms with Gasteiger partial charge < -0.3 is 11.1 Å². The number of aryl methyl sites for hydroxylation is 2. The molecule has 2 unspecified atom stereocenters. The standard InChI is InChI=1S/C16H22N2OS/c1-10-6-7-11(2)12(8-10)9-15(19)18-14-5-3-4-13(14)16(17)20/h6-8,13-14H,3-5,9H2,1-2H3,(H2,17,20)(H,18,19). The summed E-state index contributed by atoms with van der Waals surface area (Å²) in [6.07, 6.45) is 3.47. The van der Waals surface area contributed by atoms with Crippen molar-refractivity contribution in [3.8, 4) is 0 Å². The summed E-state index contributed by atoms with van der Waals surface area (Å²) in [4.78, 5) is 12.7. The number of hydrogen-bond donors (Lipinski definition) is 2. The third kappa shape index (κ3) is 3.57. The molecule has 0 radical (unpaired) electrons. The van der Waals surface area contributed by atoms with Crippen LogP contribution in [0.25, 0.3) is 0 Å². The fourth-order valence-corrected chi connectivity index (χ4v) is 3.18. The number of nitrogens with two attached hydrogens (primary N) is 1. The molecule has 0 heterocycles. The fraction of sp³-hybridized carbons (Fsp3) is 0.500. The summed E-state index contributed by atoms with van der Waals surface area (Å²) in [5.74, 6) is 0.222. The number of carbonyl (C=O) groups excluding carboxylic acids is 1. The topological polar surface area (TPSA) is 55.1 Å². The number of carbonyl (C=O) groups is 1. The van der Waals surface area contributed by atoms with Gasteiger partial charge in [-0.2, -0.15) is 0 Å². The van der Waals surface area contributed by atoms with Gasteiger partial charge in [0.15, 0.2) is 0 Å². The Morgan fingerprint density at radius 1 is 1.40 bits per heavy atom. The minimum atomic E-state index is 0.0619. The molecular weight excluding hydrogens is 268 g/mol. The van der Waals surface area contributed by atoms with Gasteiger partial charge in [0, 0.05) is 12.0 Å². The maximum absolute atomic E-state index is 12.2. The monoisotopic (exact) mass is 290 g/mol. The predicted octanol–water partition coefficient (Wildman–Crippen LogP) is 2.42. The summed E-state index contributed by atoms with van der Waals surface area (Å²) in [7, 11) is 0. The molecule has 0 saturated heterocycles. The Balaban J connectivity index is 1.99. The molecule has 0 aromatic heterocycles. The Bertz CT molecular complexity index is 527. The highest BCUT2D eigenvalue weighted by Gasteiger charge is 2.30. The second-order valence-electron chi connectivity index (χ2n) is 5.72. The first-order valence-corrected chi connectivity index (χ1v) is 7.53. The van der Waals surface area contributed by atoms with Crippen LogP contribution in [0.3, 0.4) is 0 Å². The van der Waals surface area contributed by atoms with E-state index in [1.807, 2.05) is 13.8 Å². The van der Waals surface area contributed by atoms with E-state index in [1.54, 1.807) is 0 Å². The summed E-state index contributed by atoms with van der Waals surface area (Å²) >= 11 is 5.08.